The van der Waals surface area contributed by atoms with Gasteiger partial charge in [-0.25, -0.2) is 0 Å². The molecule has 8 nitrogen and oxygen atoms in total. The molecule has 8 heteroatoms. The van der Waals surface area contributed by atoms with E-state index in [1.54, 1.807) is 20.8 Å². The van der Waals surface area contributed by atoms with Crippen LogP contribution in [-0.4, -0.2) is 34.1 Å². The maximum Gasteiger partial charge on any atom is 0.311 e. The number of rotatable bonds is 20. The molecule has 0 heterocycles. The first-order chi connectivity index (χ1) is 21.1. The summed E-state index contributed by atoms with van der Waals surface area (Å²) >= 11 is 0. The van der Waals surface area contributed by atoms with E-state index in [1.165, 1.54) is 16.7 Å². The minimum atomic E-state index is -1.09. The van der Waals surface area contributed by atoms with E-state index in [4.69, 9.17) is 19.7 Å². The van der Waals surface area contributed by atoms with Crippen LogP contribution in [0.1, 0.15) is 128 Å². The van der Waals surface area contributed by atoms with Crippen LogP contribution in [0.4, 0.5) is 0 Å². The lowest BCUT2D eigenvalue weighted by atomic mass is 9.90. The average molecular weight is 627 g/mol. The largest absolute Gasteiger partial charge is 0.481 e. The standard InChI is InChI=1S/C37H54O8/c1-24(2)12-9-13-25(3)14-10-15-26(4)16-11-17-27(5)18-19-31-30(8)36(44-34(42)22-20-32(38)39)28(6)29(7)37(31)45-35(43)23-21-33(40)41/h12,14,16,27H,9-11,13,15,17-23H2,1-8H3,(H,38,39)(H,40,41)/b25-14+,26-16+/t27-/m0/s1. The Morgan fingerprint density at radius 2 is 1.09 bits per heavy atom. The lowest BCUT2D eigenvalue weighted by Crippen LogP contribution is -2.16. The number of carbonyl (C=O) groups excluding carboxylic acids is 2. The predicted molar refractivity (Wildman–Crippen MR) is 178 cm³/mol. The second-order valence-electron chi connectivity index (χ2n) is 12.4. The van der Waals surface area contributed by atoms with Crippen LogP contribution in [0.15, 0.2) is 34.9 Å². The van der Waals surface area contributed by atoms with Gasteiger partial charge < -0.3 is 19.7 Å². The van der Waals surface area contributed by atoms with Crippen molar-refractivity contribution in [2.75, 3.05) is 0 Å². The monoisotopic (exact) mass is 626 g/mol. The van der Waals surface area contributed by atoms with E-state index in [2.05, 4.69) is 52.8 Å². The maximum absolute atomic E-state index is 12.5. The zero-order valence-electron chi connectivity index (χ0n) is 28.6. The second-order valence-corrected chi connectivity index (χ2v) is 12.4. The summed E-state index contributed by atoms with van der Waals surface area (Å²) < 4.78 is 11.3. The molecule has 1 aromatic rings. The topological polar surface area (TPSA) is 127 Å². The normalized spacial score (nSPS) is 12.4. The Hall–Kier alpha value is -3.68. The fraction of sp³-hybridized carbons (Fsp3) is 0.568. The molecular formula is C37H54O8. The van der Waals surface area contributed by atoms with E-state index in [-0.39, 0.29) is 25.7 Å². The van der Waals surface area contributed by atoms with Crippen molar-refractivity contribution < 1.29 is 38.9 Å². The van der Waals surface area contributed by atoms with Crippen molar-refractivity contribution >= 4 is 23.9 Å². The summed E-state index contributed by atoms with van der Waals surface area (Å²) in [5, 5.41) is 17.9. The minimum absolute atomic E-state index is 0.258. The predicted octanol–water partition coefficient (Wildman–Crippen LogP) is 8.92. The van der Waals surface area contributed by atoms with Crippen molar-refractivity contribution in [2.45, 2.75) is 132 Å². The molecule has 0 saturated carbocycles. The summed E-state index contributed by atoms with van der Waals surface area (Å²) in [6, 6.07) is 0. The van der Waals surface area contributed by atoms with Gasteiger partial charge in [-0.1, -0.05) is 41.9 Å². The van der Waals surface area contributed by atoms with E-state index in [0.29, 0.717) is 40.5 Å². The molecule has 1 aromatic carbocycles. The van der Waals surface area contributed by atoms with Gasteiger partial charge in [0.05, 0.1) is 25.7 Å². The van der Waals surface area contributed by atoms with Crippen LogP contribution in [0.2, 0.25) is 0 Å². The summed E-state index contributed by atoms with van der Waals surface area (Å²) in [4.78, 5) is 46.9. The highest BCUT2D eigenvalue weighted by atomic mass is 16.5. The van der Waals surface area contributed by atoms with E-state index in [1.807, 2.05) is 0 Å². The molecule has 2 N–H and O–H groups in total. The van der Waals surface area contributed by atoms with Crippen LogP contribution >= 0.6 is 0 Å². The minimum Gasteiger partial charge on any atom is -0.481 e. The molecule has 250 valence electrons. The Morgan fingerprint density at radius 3 is 1.60 bits per heavy atom. The molecule has 0 aromatic heterocycles. The van der Waals surface area contributed by atoms with Crippen LogP contribution in [0.3, 0.4) is 0 Å². The van der Waals surface area contributed by atoms with Crippen LogP contribution < -0.4 is 9.47 Å². The first-order valence-corrected chi connectivity index (χ1v) is 16.0. The highest BCUT2D eigenvalue weighted by molar-refractivity contribution is 5.81. The van der Waals surface area contributed by atoms with E-state index >= 15 is 0 Å². The molecule has 0 amide bonds. The van der Waals surface area contributed by atoms with Crippen LogP contribution in [-0.2, 0) is 25.6 Å². The summed E-state index contributed by atoms with van der Waals surface area (Å²) in [6.45, 7) is 16.1. The number of hydrogen-bond acceptors (Lipinski definition) is 6. The number of allylic oxidation sites excluding steroid dienone is 6. The number of carboxylic acids is 2. The Labute approximate surface area is 269 Å². The van der Waals surface area contributed by atoms with Crippen molar-refractivity contribution in [3.8, 4) is 11.5 Å². The smallest absolute Gasteiger partial charge is 0.311 e. The summed E-state index contributed by atoms with van der Waals surface area (Å²) in [7, 11) is 0. The molecule has 0 unspecified atom stereocenters. The van der Waals surface area contributed by atoms with Crippen molar-refractivity contribution in [1.82, 2.24) is 0 Å². The third-order valence-electron chi connectivity index (χ3n) is 7.99. The first-order valence-electron chi connectivity index (χ1n) is 16.0. The number of ether oxygens (including phenoxy) is 2. The Kier molecular flexibility index (Phi) is 17.8. The summed E-state index contributed by atoms with van der Waals surface area (Å²) in [5.41, 5.74) is 6.77. The highest BCUT2D eigenvalue weighted by Crippen LogP contribution is 2.39. The third-order valence-corrected chi connectivity index (χ3v) is 7.99. The molecule has 0 aliphatic carbocycles. The fourth-order valence-electron chi connectivity index (χ4n) is 4.98. The van der Waals surface area contributed by atoms with Gasteiger partial charge in [-0.05, 0) is 122 Å². The molecule has 1 rings (SSSR count). The molecule has 0 saturated heterocycles. The molecule has 0 bridgehead atoms. The van der Waals surface area contributed by atoms with Crippen LogP contribution in [0.25, 0.3) is 0 Å². The number of aliphatic carboxylic acids is 2. The number of carbonyl (C=O) groups is 4. The van der Waals surface area contributed by atoms with Crippen molar-refractivity contribution in [2.24, 2.45) is 5.92 Å². The zero-order valence-corrected chi connectivity index (χ0v) is 28.6. The molecule has 0 aliphatic heterocycles. The van der Waals surface area contributed by atoms with Crippen molar-refractivity contribution in [3.05, 3.63) is 57.2 Å². The number of hydrogen-bond donors (Lipinski definition) is 2. The van der Waals surface area contributed by atoms with E-state index < -0.39 is 23.9 Å². The summed E-state index contributed by atoms with van der Waals surface area (Å²) in [6.07, 6.45) is 13.3. The SMILES string of the molecule is CC(C)=CCC/C(C)=C/CC/C(C)=C/CC[C@H](C)CCc1c(C)c(OC(=O)CCC(=O)O)c(C)c(C)c1OC(=O)CCC(=O)O. The zero-order chi connectivity index (χ0) is 34.1. The van der Waals surface area contributed by atoms with Gasteiger partial charge in [0.25, 0.3) is 0 Å². The molecule has 0 aliphatic rings. The molecule has 45 heavy (non-hydrogen) atoms. The van der Waals surface area contributed by atoms with Gasteiger partial charge in [-0.2, -0.15) is 0 Å². The molecule has 0 radical (unpaired) electrons. The van der Waals surface area contributed by atoms with Gasteiger partial charge in [-0.3, -0.25) is 19.2 Å². The lowest BCUT2D eigenvalue weighted by Gasteiger charge is -2.22. The Bertz CT molecular complexity index is 1280. The van der Waals surface area contributed by atoms with Gasteiger partial charge in [0.15, 0.2) is 0 Å². The lowest BCUT2D eigenvalue weighted by molar-refractivity contribution is -0.142. The van der Waals surface area contributed by atoms with E-state index in [0.717, 1.165) is 50.5 Å². The molecule has 0 spiro atoms. The van der Waals surface area contributed by atoms with Gasteiger partial charge in [0.1, 0.15) is 11.5 Å². The average Bonchev–Trinajstić information content (AvgIpc) is 2.95. The van der Waals surface area contributed by atoms with Gasteiger partial charge in [0, 0.05) is 5.56 Å². The summed E-state index contributed by atoms with van der Waals surface area (Å²) in [5.74, 6) is -2.38. The maximum atomic E-state index is 12.5. The molecular weight excluding hydrogens is 572 g/mol. The quantitative estimate of drug-likeness (QED) is 0.0834. The van der Waals surface area contributed by atoms with Gasteiger partial charge in [0.2, 0.25) is 0 Å². The van der Waals surface area contributed by atoms with Crippen molar-refractivity contribution in [3.63, 3.8) is 0 Å². The number of carboxylic acid groups (broad SMARTS) is 2. The molecule has 1 atom stereocenters. The highest BCUT2D eigenvalue weighted by Gasteiger charge is 2.24. The van der Waals surface area contributed by atoms with Gasteiger partial charge in [-0.15, -0.1) is 0 Å². The Balaban J connectivity index is 2.98. The first kappa shape index (κ1) is 39.3. The fourth-order valence-corrected chi connectivity index (χ4v) is 4.98. The second kappa shape index (κ2) is 20.4. The molecule has 0 fully saturated rings. The third kappa shape index (κ3) is 15.7. The van der Waals surface area contributed by atoms with Gasteiger partial charge >= 0.3 is 23.9 Å². The van der Waals surface area contributed by atoms with E-state index in [9.17, 15) is 19.2 Å². The number of benzene rings is 1. The number of esters is 2. The van der Waals surface area contributed by atoms with Crippen molar-refractivity contribution in [1.29, 1.82) is 0 Å². The Morgan fingerprint density at radius 1 is 0.622 bits per heavy atom. The van der Waals surface area contributed by atoms with Crippen LogP contribution in [0, 0.1) is 26.7 Å². The van der Waals surface area contributed by atoms with Crippen LogP contribution in [0.5, 0.6) is 11.5 Å².